The molecule has 13 heavy (non-hydrogen) atoms. The Labute approximate surface area is 75.6 Å². The van der Waals surface area contributed by atoms with E-state index in [9.17, 15) is 9.18 Å². The molecule has 0 fully saturated rings. The molecule has 3 heteroatoms. The number of nitriles is 1. The van der Waals surface area contributed by atoms with Gasteiger partial charge in [-0.05, 0) is 17.7 Å². The maximum Gasteiger partial charge on any atom is 0.140 e. The molecule has 0 aliphatic carbocycles. The summed E-state index contributed by atoms with van der Waals surface area (Å²) in [7, 11) is 0. The van der Waals surface area contributed by atoms with Gasteiger partial charge in [-0.1, -0.05) is 13.0 Å². The van der Waals surface area contributed by atoms with Gasteiger partial charge >= 0.3 is 0 Å². The van der Waals surface area contributed by atoms with E-state index in [0.717, 1.165) is 6.29 Å². The molecule has 0 N–H and O–H groups in total. The number of carbonyl (C=O) groups is 1. The zero-order valence-corrected chi connectivity index (χ0v) is 7.12. The van der Waals surface area contributed by atoms with Crippen LogP contribution in [0.1, 0.15) is 24.0 Å². The third kappa shape index (κ3) is 1.91. The Kier molecular flexibility index (Phi) is 2.76. The van der Waals surface area contributed by atoms with E-state index in [-0.39, 0.29) is 11.5 Å². The number of carbonyl (C=O) groups excluding carboxylic acids is 1. The van der Waals surface area contributed by atoms with Crippen LogP contribution in [-0.2, 0) is 4.79 Å². The second-order valence-electron chi connectivity index (χ2n) is 2.78. The highest BCUT2D eigenvalue weighted by Gasteiger charge is 2.07. The van der Waals surface area contributed by atoms with Gasteiger partial charge in [-0.3, -0.25) is 0 Å². The molecule has 1 atom stereocenters. The summed E-state index contributed by atoms with van der Waals surface area (Å²) in [6.07, 6.45) is 0.758. The normalized spacial score (nSPS) is 11.8. The van der Waals surface area contributed by atoms with E-state index in [1.807, 2.05) is 0 Å². The highest BCUT2D eigenvalue weighted by atomic mass is 19.1. The lowest BCUT2D eigenvalue weighted by molar-refractivity contribution is -0.108. The van der Waals surface area contributed by atoms with Gasteiger partial charge in [0.2, 0.25) is 0 Å². The van der Waals surface area contributed by atoms with Crippen molar-refractivity contribution in [2.24, 2.45) is 0 Å². The van der Waals surface area contributed by atoms with Crippen LogP contribution in [0.3, 0.4) is 0 Å². The first-order valence-corrected chi connectivity index (χ1v) is 3.84. The molecule has 0 aromatic heterocycles. The van der Waals surface area contributed by atoms with Crippen LogP contribution >= 0.6 is 0 Å². The molecule has 0 aliphatic heterocycles. The Hall–Kier alpha value is -1.69. The van der Waals surface area contributed by atoms with Crippen LogP contribution in [0.2, 0.25) is 0 Å². The zero-order valence-electron chi connectivity index (χ0n) is 7.12. The van der Waals surface area contributed by atoms with E-state index < -0.39 is 5.82 Å². The largest absolute Gasteiger partial charge is 0.303 e. The molecule has 0 bridgehead atoms. The number of hydrogen-bond donors (Lipinski definition) is 0. The minimum atomic E-state index is -0.552. The first-order valence-electron chi connectivity index (χ1n) is 3.84. The van der Waals surface area contributed by atoms with Gasteiger partial charge < -0.3 is 4.79 Å². The van der Waals surface area contributed by atoms with Gasteiger partial charge in [0.05, 0.1) is 5.56 Å². The van der Waals surface area contributed by atoms with Crippen LogP contribution in [0.5, 0.6) is 0 Å². The summed E-state index contributed by atoms with van der Waals surface area (Å²) in [6, 6.07) is 5.83. The van der Waals surface area contributed by atoms with E-state index in [2.05, 4.69) is 0 Å². The van der Waals surface area contributed by atoms with Crippen molar-refractivity contribution in [2.45, 2.75) is 12.8 Å². The predicted molar refractivity (Wildman–Crippen MR) is 45.6 cm³/mol. The standard InChI is InChI=1S/C10H8FNO/c1-7(6-13)8-2-3-10(11)9(4-8)5-12/h2-4,6-7H,1H3. The fourth-order valence-electron chi connectivity index (χ4n) is 0.990. The number of nitrogens with zero attached hydrogens (tertiary/aromatic N) is 1. The summed E-state index contributed by atoms with van der Waals surface area (Å²) >= 11 is 0. The highest BCUT2D eigenvalue weighted by molar-refractivity contribution is 5.61. The smallest absolute Gasteiger partial charge is 0.140 e. The highest BCUT2D eigenvalue weighted by Crippen LogP contribution is 2.16. The SMILES string of the molecule is CC(C=O)c1ccc(F)c(C#N)c1. The second kappa shape index (κ2) is 3.81. The van der Waals surface area contributed by atoms with Crippen LogP contribution in [0.25, 0.3) is 0 Å². The summed E-state index contributed by atoms with van der Waals surface area (Å²) in [5.41, 5.74) is 0.638. The summed E-state index contributed by atoms with van der Waals surface area (Å²) in [5, 5.41) is 8.52. The van der Waals surface area contributed by atoms with Gasteiger partial charge in [0.25, 0.3) is 0 Å². The van der Waals surface area contributed by atoms with E-state index >= 15 is 0 Å². The summed E-state index contributed by atoms with van der Waals surface area (Å²) in [4.78, 5) is 10.4. The van der Waals surface area contributed by atoms with Crippen LogP contribution < -0.4 is 0 Å². The van der Waals surface area contributed by atoms with Gasteiger partial charge in [0.1, 0.15) is 18.2 Å². The van der Waals surface area contributed by atoms with Crippen LogP contribution in [0.4, 0.5) is 4.39 Å². The Morgan fingerprint density at radius 3 is 2.85 bits per heavy atom. The summed E-state index contributed by atoms with van der Waals surface area (Å²) in [6.45, 7) is 1.70. The molecule has 1 aromatic rings. The monoisotopic (exact) mass is 177 g/mol. The molecule has 0 spiro atoms. The molecule has 0 saturated heterocycles. The average molecular weight is 177 g/mol. The molecule has 0 amide bonds. The van der Waals surface area contributed by atoms with Crippen molar-refractivity contribution in [1.29, 1.82) is 5.26 Å². The molecule has 0 heterocycles. The first-order chi connectivity index (χ1) is 6.19. The molecular weight excluding hydrogens is 169 g/mol. The lowest BCUT2D eigenvalue weighted by atomic mass is 10.0. The van der Waals surface area contributed by atoms with Gasteiger partial charge in [0.15, 0.2) is 0 Å². The summed E-state index contributed by atoms with van der Waals surface area (Å²) in [5.74, 6) is -0.850. The van der Waals surface area contributed by atoms with Crippen molar-refractivity contribution in [3.63, 3.8) is 0 Å². The predicted octanol–water partition coefficient (Wildman–Crippen LogP) is 2.00. The molecule has 0 radical (unpaired) electrons. The van der Waals surface area contributed by atoms with Crippen molar-refractivity contribution >= 4 is 6.29 Å². The third-order valence-corrected chi connectivity index (χ3v) is 1.84. The molecule has 1 aromatic carbocycles. The minimum absolute atomic E-state index is 0.0220. The topological polar surface area (TPSA) is 40.9 Å². The Balaban J connectivity index is 3.15. The number of halogens is 1. The molecular formula is C10H8FNO. The van der Waals surface area contributed by atoms with Gasteiger partial charge in [-0.25, -0.2) is 4.39 Å². The van der Waals surface area contributed by atoms with Gasteiger partial charge in [-0.15, -0.1) is 0 Å². The van der Waals surface area contributed by atoms with Gasteiger partial charge in [0, 0.05) is 5.92 Å². The molecule has 0 aliphatic rings. The molecule has 0 saturated carbocycles. The first kappa shape index (κ1) is 9.40. The van der Waals surface area contributed by atoms with Crippen molar-refractivity contribution < 1.29 is 9.18 Å². The van der Waals surface area contributed by atoms with Crippen molar-refractivity contribution in [3.05, 3.63) is 35.1 Å². The van der Waals surface area contributed by atoms with Crippen LogP contribution in [0, 0.1) is 17.1 Å². The van der Waals surface area contributed by atoms with Crippen molar-refractivity contribution in [2.75, 3.05) is 0 Å². The lowest BCUT2D eigenvalue weighted by Gasteiger charge is -2.03. The number of rotatable bonds is 2. The van der Waals surface area contributed by atoms with E-state index in [1.54, 1.807) is 13.0 Å². The van der Waals surface area contributed by atoms with E-state index in [1.165, 1.54) is 18.2 Å². The molecule has 66 valence electrons. The lowest BCUT2D eigenvalue weighted by Crippen LogP contribution is -1.96. The fourth-order valence-corrected chi connectivity index (χ4v) is 0.990. The third-order valence-electron chi connectivity index (χ3n) is 1.84. The van der Waals surface area contributed by atoms with E-state index in [0.29, 0.717) is 5.56 Å². The average Bonchev–Trinajstić information content (AvgIpc) is 2.17. The van der Waals surface area contributed by atoms with Crippen LogP contribution in [0.15, 0.2) is 18.2 Å². The van der Waals surface area contributed by atoms with E-state index in [4.69, 9.17) is 5.26 Å². The number of benzene rings is 1. The second-order valence-corrected chi connectivity index (χ2v) is 2.78. The summed E-state index contributed by atoms with van der Waals surface area (Å²) < 4.78 is 12.8. The minimum Gasteiger partial charge on any atom is -0.303 e. The van der Waals surface area contributed by atoms with Gasteiger partial charge in [-0.2, -0.15) is 5.26 Å². The fraction of sp³-hybridized carbons (Fsp3) is 0.200. The quantitative estimate of drug-likeness (QED) is 0.648. The van der Waals surface area contributed by atoms with Crippen LogP contribution in [-0.4, -0.2) is 6.29 Å². The molecule has 1 rings (SSSR count). The van der Waals surface area contributed by atoms with Crippen molar-refractivity contribution in [3.8, 4) is 6.07 Å². The maximum atomic E-state index is 12.8. The zero-order chi connectivity index (χ0) is 9.84. The number of aldehydes is 1. The van der Waals surface area contributed by atoms with Crippen molar-refractivity contribution in [1.82, 2.24) is 0 Å². The number of hydrogen-bond acceptors (Lipinski definition) is 2. The maximum absolute atomic E-state index is 12.8. The molecule has 1 unspecified atom stereocenters. The Bertz CT molecular complexity index is 368. The Morgan fingerprint density at radius 2 is 2.31 bits per heavy atom. The Morgan fingerprint density at radius 1 is 1.62 bits per heavy atom. The molecule has 2 nitrogen and oxygen atoms in total.